The zero-order valence-corrected chi connectivity index (χ0v) is 19.7. The first-order valence-corrected chi connectivity index (χ1v) is 15.0. The maximum atomic E-state index is 12.0. The smallest absolute Gasteiger partial charge is 0.405 e. The third-order valence-electron chi connectivity index (χ3n) is 5.74. The van der Waals surface area contributed by atoms with Crippen LogP contribution in [0, 0.1) is 0 Å². The Hall–Kier alpha value is -0.808. The van der Waals surface area contributed by atoms with Crippen LogP contribution in [0.3, 0.4) is 0 Å². The number of hydrogen-bond acceptors (Lipinski definition) is 7. The second kappa shape index (κ2) is 6.87. The summed E-state index contributed by atoms with van der Waals surface area (Å²) < 4.78 is 42.5. The van der Waals surface area contributed by atoms with Crippen molar-refractivity contribution in [3.05, 3.63) is 18.2 Å². The predicted octanol–water partition coefficient (Wildman–Crippen LogP) is 2.03. The van der Waals surface area contributed by atoms with E-state index in [0.29, 0.717) is 18.7 Å². The molecule has 2 saturated heterocycles. The quantitative estimate of drug-likeness (QED) is 0.681. The molecule has 0 unspecified atom stereocenters. The highest BCUT2D eigenvalue weighted by atomic mass is 32.2. The molecule has 28 heavy (non-hydrogen) atoms. The Labute approximate surface area is 169 Å². The molecule has 10 heteroatoms. The van der Waals surface area contributed by atoms with Gasteiger partial charge >= 0.3 is 7.12 Å². The van der Waals surface area contributed by atoms with Crippen LogP contribution in [0.5, 0.6) is 0 Å². The largest absolute Gasteiger partial charge is 0.498 e. The lowest BCUT2D eigenvalue weighted by atomic mass is 9.81. The third-order valence-corrected chi connectivity index (χ3v) is 8.40. The molecule has 3 rings (SSSR count). The Morgan fingerprint density at radius 3 is 1.89 bits per heavy atom. The van der Waals surface area contributed by atoms with E-state index in [2.05, 4.69) is 29.6 Å². The number of hydrogen-bond donors (Lipinski definition) is 0. The second-order valence-electron chi connectivity index (χ2n) is 9.79. The van der Waals surface area contributed by atoms with Gasteiger partial charge in [-0.15, -0.1) is 0 Å². The normalized spacial score (nSPS) is 25.6. The van der Waals surface area contributed by atoms with Gasteiger partial charge in [0.2, 0.25) is 0 Å². The highest BCUT2D eigenvalue weighted by Gasteiger charge is 2.52. The Balaban J connectivity index is 1.87. The molecule has 0 amide bonds. The first-order chi connectivity index (χ1) is 12.6. The SMILES string of the molecule is CC1(C)OB(c2cnc(C3(O[Si](C)(C)C)CCS(=O)(=O)CC3)nc2)OC1(C)C. The summed E-state index contributed by atoms with van der Waals surface area (Å²) in [5, 5.41) is 0. The molecule has 3 heterocycles. The maximum absolute atomic E-state index is 12.0. The summed E-state index contributed by atoms with van der Waals surface area (Å²) in [4.78, 5) is 9.16. The van der Waals surface area contributed by atoms with Crippen molar-refractivity contribution in [2.75, 3.05) is 11.5 Å². The van der Waals surface area contributed by atoms with Gasteiger partial charge < -0.3 is 13.7 Å². The minimum Gasteiger partial charge on any atom is -0.405 e. The topological polar surface area (TPSA) is 87.6 Å². The summed E-state index contributed by atoms with van der Waals surface area (Å²) >= 11 is 0. The van der Waals surface area contributed by atoms with Gasteiger partial charge in [-0.3, -0.25) is 0 Å². The van der Waals surface area contributed by atoms with E-state index in [0.717, 1.165) is 5.46 Å². The van der Waals surface area contributed by atoms with Crippen molar-refractivity contribution in [3.8, 4) is 0 Å². The van der Waals surface area contributed by atoms with Crippen LogP contribution in [0.4, 0.5) is 0 Å². The fourth-order valence-corrected chi connectivity index (χ4v) is 6.45. The molecule has 2 fully saturated rings. The van der Waals surface area contributed by atoms with Crippen LogP contribution in [0.25, 0.3) is 0 Å². The van der Waals surface area contributed by atoms with Crippen molar-refractivity contribution in [1.82, 2.24) is 9.97 Å². The molecular formula is C18H31BN2O5SSi. The van der Waals surface area contributed by atoms with Gasteiger partial charge in [-0.05, 0) is 60.2 Å². The molecular weight excluding hydrogens is 395 g/mol. The molecule has 7 nitrogen and oxygen atoms in total. The fourth-order valence-electron chi connectivity index (χ4n) is 3.50. The van der Waals surface area contributed by atoms with E-state index in [9.17, 15) is 8.42 Å². The molecule has 2 aliphatic heterocycles. The third kappa shape index (κ3) is 4.35. The van der Waals surface area contributed by atoms with Gasteiger partial charge in [0.25, 0.3) is 0 Å². The lowest BCUT2D eigenvalue weighted by Gasteiger charge is -2.40. The molecule has 0 saturated carbocycles. The van der Waals surface area contributed by atoms with Gasteiger partial charge in [-0.25, -0.2) is 18.4 Å². The first kappa shape index (κ1) is 21.9. The van der Waals surface area contributed by atoms with Gasteiger partial charge in [0.15, 0.2) is 24.0 Å². The maximum Gasteiger partial charge on any atom is 0.498 e. The van der Waals surface area contributed by atoms with Crippen molar-refractivity contribution in [2.45, 2.75) is 77.0 Å². The first-order valence-electron chi connectivity index (χ1n) is 9.74. The Bertz CT molecular complexity index is 807. The van der Waals surface area contributed by atoms with Crippen molar-refractivity contribution < 1.29 is 22.2 Å². The van der Waals surface area contributed by atoms with Crippen LogP contribution in [0.1, 0.15) is 46.4 Å². The average molecular weight is 426 g/mol. The predicted molar refractivity (Wildman–Crippen MR) is 112 cm³/mol. The van der Waals surface area contributed by atoms with E-state index in [1.807, 2.05) is 27.7 Å². The summed E-state index contributed by atoms with van der Waals surface area (Å²) in [5.41, 5.74) is -0.870. The summed E-state index contributed by atoms with van der Waals surface area (Å²) in [5.74, 6) is 0.740. The van der Waals surface area contributed by atoms with Gasteiger partial charge in [-0.1, -0.05) is 0 Å². The average Bonchev–Trinajstić information content (AvgIpc) is 2.77. The van der Waals surface area contributed by atoms with Gasteiger partial charge in [0.1, 0.15) is 5.60 Å². The molecule has 0 spiro atoms. The summed E-state index contributed by atoms with van der Waals surface area (Å²) in [6, 6.07) is 0. The Kier molecular flexibility index (Phi) is 5.37. The van der Waals surface area contributed by atoms with E-state index in [1.54, 1.807) is 12.4 Å². The number of rotatable bonds is 4. The monoisotopic (exact) mass is 426 g/mol. The van der Waals surface area contributed by atoms with Gasteiger partial charge in [-0.2, -0.15) is 0 Å². The Morgan fingerprint density at radius 2 is 1.46 bits per heavy atom. The van der Waals surface area contributed by atoms with Crippen LogP contribution in [0.2, 0.25) is 19.6 Å². The zero-order valence-electron chi connectivity index (χ0n) is 17.9. The van der Waals surface area contributed by atoms with Crippen LogP contribution >= 0.6 is 0 Å². The van der Waals surface area contributed by atoms with E-state index < -0.39 is 42.1 Å². The van der Waals surface area contributed by atoms with Crippen LogP contribution in [-0.4, -0.2) is 56.5 Å². The molecule has 0 radical (unpaired) electrons. The summed E-state index contributed by atoms with van der Waals surface area (Å²) in [6.07, 6.45) is 4.19. The van der Waals surface area contributed by atoms with Gasteiger partial charge in [0, 0.05) is 17.9 Å². The summed E-state index contributed by atoms with van der Waals surface area (Å²) in [7, 11) is -5.50. The lowest BCUT2D eigenvalue weighted by molar-refractivity contribution is 0.00578. The summed E-state index contributed by atoms with van der Waals surface area (Å²) in [6.45, 7) is 14.3. The second-order valence-corrected chi connectivity index (χ2v) is 16.5. The highest BCUT2D eigenvalue weighted by molar-refractivity contribution is 7.91. The van der Waals surface area contributed by atoms with Crippen molar-refractivity contribution in [2.24, 2.45) is 0 Å². The van der Waals surface area contributed by atoms with Gasteiger partial charge in [0.05, 0.1) is 22.7 Å². The molecule has 0 aliphatic carbocycles. The van der Waals surface area contributed by atoms with Crippen molar-refractivity contribution in [1.29, 1.82) is 0 Å². The molecule has 1 aromatic heterocycles. The number of aromatic nitrogens is 2. The molecule has 2 aliphatic rings. The van der Waals surface area contributed by atoms with E-state index in [-0.39, 0.29) is 11.5 Å². The molecule has 0 N–H and O–H groups in total. The molecule has 0 aromatic carbocycles. The van der Waals surface area contributed by atoms with Crippen LogP contribution in [0.15, 0.2) is 12.4 Å². The molecule has 156 valence electrons. The highest BCUT2D eigenvalue weighted by Crippen LogP contribution is 2.39. The van der Waals surface area contributed by atoms with Crippen LogP contribution in [-0.2, 0) is 29.2 Å². The van der Waals surface area contributed by atoms with E-state index in [1.165, 1.54) is 0 Å². The van der Waals surface area contributed by atoms with Crippen molar-refractivity contribution >= 4 is 30.7 Å². The minimum atomic E-state index is -3.02. The zero-order chi connectivity index (χ0) is 21.0. The standard InChI is InChI=1S/C18H31BN2O5SSi/c1-16(2)17(3,4)25-19(24-16)14-12-20-15(21-13-14)18(26-28(5,6)7)8-10-27(22,23)11-9-18/h12-13H,8-11H2,1-7H3. The fraction of sp³-hybridized carbons (Fsp3) is 0.778. The van der Waals surface area contributed by atoms with Crippen LogP contribution < -0.4 is 5.46 Å². The van der Waals surface area contributed by atoms with E-state index in [4.69, 9.17) is 13.7 Å². The molecule has 0 atom stereocenters. The molecule has 0 bridgehead atoms. The van der Waals surface area contributed by atoms with E-state index >= 15 is 0 Å². The number of sulfone groups is 1. The van der Waals surface area contributed by atoms with Crippen molar-refractivity contribution in [3.63, 3.8) is 0 Å². The lowest BCUT2D eigenvalue weighted by Crippen LogP contribution is -2.47. The number of nitrogens with zero attached hydrogens (tertiary/aromatic N) is 2. The Morgan fingerprint density at radius 1 is 1.00 bits per heavy atom. The molecule has 1 aromatic rings. The minimum absolute atomic E-state index is 0.0970.